The van der Waals surface area contributed by atoms with Gasteiger partial charge < -0.3 is 15.2 Å². The molecule has 0 aromatic heterocycles. The summed E-state index contributed by atoms with van der Waals surface area (Å²) in [6.45, 7) is 0.686. The molecule has 1 aliphatic carbocycles. The Hall–Kier alpha value is -0.610. The molecule has 2 rings (SSSR count). The van der Waals surface area contributed by atoms with Crippen LogP contribution in [0.25, 0.3) is 0 Å². The van der Waals surface area contributed by atoms with Gasteiger partial charge in [0.05, 0.1) is 12.1 Å². The van der Waals surface area contributed by atoms with Gasteiger partial charge >= 0.3 is 0 Å². The zero-order valence-corrected chi connectivity index (χ0v) is 8.95. The van der Waals surface area contributed by atoms with Crippen LogP contribution in [0.4, 0.5) is 0 Å². The van der Waals surface area contributed by atoms with Gasteiger partial charge in [0.25, 0.3) is 0 Å². The molecule has 3 atom stereocenters. The van der Waals surface area contributed by atoms with Crippen molar-refractivity contribution >= 4 is 5.91 Å². The van der Waals surface area contributed by atoms with Crippen LogP contribution in [0.3, 0.4) is 0 Å². The van der Waals surface area contributed by atoms with Crippen LogP contribution in [0.15, 0.2) is 0 Å². The highest BCUT2D eigenvalue weighted by atomic mass is 16.5. The quantitative estimate of drug-likeness (QED) is 0.705. The molecule has 1 amide bonds. The summed E-state index contributed by atoms with van der Waals surface area (Å²) < 4.78 is 5.30. The zero-order chi connectivity index (χ0) is 10.7. The molecule has 0 unspecified atom stereocenters. The molecule has 4 heteroatoms. The molecule has 2 fully saturated rings. The summed E-state index contributed by atoms with van der Waals surface area (Å²) >= 11 is 0. The number of rotatable bonds is 2. The van der Waals surface area contributed by atoms with Crippen LogP contribution in [0, 0.1) is 0 Å². The molecular weight excluding hydrogens is 194 g/mol. The normalized spacial score (nSPS) is 36.5. The van der Waals surface area contributed by atoms with E-state index < -0.39 is 0 Å². The van der Waals surface area contributed by atoms with E-state index in [0.29, 0.717) is 6.61 Å². The van der Waals surface area contributed by atoms with Gasteiger partial charge in [0.15, 0.2) is 0 Å². The predicted molar refractivity (Wildman–Crippen MR) is 55.4 cm³/mol. The third kappa shape index (κ3) is 2.69. The van der Waals surface area contributed by atoms with E-state index in [2.05, 4.69) is 5.32 Å². The van der Waals surface area contributed by atoms with E-state index >= 15 is 0 Å². The van der Waals surface area contributed by atoms with Crippen molar-refractivity contribution in [2.45, 2.75) is 56.8 Å². The lowest BCUT2D eigenvalue weighted by Gasteiger charge is -2.29. The molecule has 86 valence electrons. The van der Waals surface area contributed by atoms with Gasteiger partial charge in [0.1, 0.15) is 6.10 Å². The van der Waals surface area contributed by atoms with Gasteiger partial charge in [0.2, 0.25) is 5.91 Å². The van der Waals surface area contributed by atoms with Gasteiger partial charge in [-0.05, 0) is 25.7 Å². The molecule has 1 aliphatic heterocycles. The van der Waals surface area contributed by atoms with E-state index in [9.17, 15) is 9.90 Å². The number of ether oxygens (including phenoxy) is 1. The first-order valence-electron chi connectivity index (χ1n) is 5.87. The standard InChI is InChI=1S/C11H19NO3/c13-9-5-2-1-4-8(9)12-11(14)10-6-3-7-15-10/h8-10,13H,1-7H2,(H,12,14)/t8-,9-,10-/m1/s1. The molecule has 4 nitrogen and oxygen atoms in total. The minimum absolute atomic E-state index is 0.0431. The predicted octanol–water partition coefficient (Wildman–Crippen LogP) is 0.585. The van der Waals surface area contributed by atoms with E-state index in [4.69, 9.17) is 4.74 Å². The number of carbonyl (C=O) groups is 1. The van der Waals surface area contributed by atoms with Crippen LogP contribution < -0.4 is 5.32 Å². The van der Waals surface area contributed by atoms with Crippen molar-refractivity contribution in [2.24, 2.45) is 0 Å². The molecule has 0 aromatic rings. The second kappa shape index (κ2) is 4.94. The summed E-state index contributed by atoms with van der Waals surface area (Å²) in [5.41, 5.74) is 0. The van der Waals surface area contributed by atoms with Crippen molar-refractivity contribution in [3.05, 3.63) is 0 Å². The molecule has 2 aliphatic rings. The van der Waals surface area contributed by atoms with Crippen LogP contribution in [-0.4, -0.2) is 35.9 Å². The average molecular weight is 213 g/mol. The van der Waals surface area contributed by atoms with Gasteiger partial charge in [-0.15, -0.1) is 0 Å². The third-order valence-corrected chi connectivity index (χ3v) is 3.28. The SMILES string of the molecule is O=C(N[C@@H]1CCCC[C@H]1O)[C@H]1CCCO1. The molecule has 15 heavy (non-hydrogen) atoms. The number of aliphatic hydroxyl groups is 1. The topological polar surface area (TPSA) is 58.6 Å². The maximum atomic E-state index is 11.7. The molecule has 0 aromatic carbocycles. The Morgan fingerprint density at radius 3 is 2.67 bits per heavy atom. The number of hydrogen-bond donors (Lipinski definition) is 2. The first-order chi connectivity index (χ1) is 7.27. The second-order valence-electron chi connectivity index (χ2n) is 4.47. The Morgan fingerprint density at radius 1 is 1.20 bits per heavy atom. The fourth-order valence-corrected chi connectivity index (χ4v) is 2.34. The van der Waals surface area contributed by atoms with Gasteiger partial charge in [-0.1, -0.05) is 12.8 Å². The number of amides is 1. The maximum Gasteiger partial charge on any atom is 0.249 e. The van der Waals surface area contributed by atoms with Crippen molar-refractivity contribution in [3.63, 3.8) is 0 Å². The summed E-state index contributed by atoms with van der Waals surface area (Å²) in [7, 11) is 0. The van der Waals surface area contributed by atoms with E-state index in [1.54, 1.807) is 0 Å². The van der Waals surface area contributed by atoms with E-state index in [1.807, 2.05) is 0 Å². The molecule has 2 N–H and O–H groups in total. The Bertz CT molecular complexity index is 226. The summed E-state index contributed by atoms with van der Waals surface area (Å²) in [5.74, 6) is -0.0431. The van der Waals surface area contributed by atoms with E-state index in [1.165, 1.54) is 0 Å². The fraction of sp³-hybridized carbons (Fsp3) is 0.909. The van der Waals surface area contributed by atoms with Crippen molar-refractivity contribution in [2.75, 3.05) is 6.61 Å². The number of nitrogens with one attached hydrogen (secondary N) is 1. The van der Waals surface area contributed by atoms with E-state index in [-0.39, 0.29) is 24.2 Å². The first-order valence-corrected chi connectivity index (χ1v) is 5.87. The number of carbonyl (C=O) groups excluding carboxylic acids is 1. The fourth-order valence-electron chi connectivity index (χ4n) is 2.34. The van der Waals surface area contributed by atoms with Crippen molar-refractivity contribution in [1.82, 2.24) is 5.32 Å². The summed E-state index contributed by atoms with van der Waals surface area (Å²) in [6, 6.07) is -0.0598. The van der Waals surface area contributed by atoms with Gasteiger partial charge in [0, 0.05) is 6.61 Å². The largest absolute Gasteiger partial charge is 0.391 e. The lowest BCUT2D eigenvalue weighted by molar-refractivity contribution is -0.132. The lowest BCUT2D eigenvalue weighted by atomic mass is 9.92. The molecular formula is C11H19NO3. The van der Waals surface area contributed by atoms with Crippen LogP contribution in [0.5, 0.6) is 0 Å². The second-order valence-corrected chi connectivity index (χ2v) is 4.47. The maximum absolute atomic E-state index is 11.7. The molecule has 0 spiro atoms. The number of hydrogen-bond acceptors (Lipinski definition) is 3. The number of aliphatic hydroxyl groups excluding tert-OH is 1. The molecule has 1 saturated carbocycles. The highest BCUT2D eigenvalue weighted by Gasteiger charge is 2.29. The Morgan fingerprint density at radius 2 is 2.00 bits per heavy atom. The molecule has 1 saturated heterocycles. The first kappa shape index (κ1) is 10.9. The third-order valence-electron chi connectivity index (χ3n) is 3.28. The van der Waals surface area contributed by atoms with Crippen LogP contribution in [0.2, 0.25) is 0 Å². The Balaban J connectivity index is 1.81. The molecule has 0 bridgehead atoms. The van der Waals surface area contributed by atoms with Gasteiger partial charge in [-0.3, -0.25) is 4.79 Å². The summed E-state index contributed by atoms with van der Waals surface area (Å²) in [5, 5.41) is 12.6. The van der Waals surface area contributed by atoms with Crippen molar-refractivity contribution in [3.8, 4) is 0 Å². The van der Waals surface area contributed by atoms with Crippen molar-refractivity contribution in [1.29, 1.82) is 0 Å². The van der Waals surface area contributed by atoms with Gasteiger partial charge in [-0.2, -0.15) is 0 Å². The minimum atomic E-state index is -0.371. The lowest BCUT2D eigenvalue weighted by Crippen LogP contribution is -2.48. The minimum Gasteiger partial charge on any atom is -0.391 e. The zero-order valence-electron chi connectivity index (χ0n) is 8.95. The summed E-state index contributed by atoms with van der Waals surface area (Å²) in [4.78, 5) is 11.7. The monoisotopic (exact) mass is 213 g/mol. The highest BCUT2D eigenvalue weighted by molar-refractivity contribution is 5.81. The molecule has 0 radical (unpaired) electrons. The highest BCUT2D eigenvalue weighted by Crippen LogP contribution is 2.19. The van der Waals surface area contributed by atoms with Crippen LogP contribution >= 0.6 is 0 Å². The van der Waals surface area contributed by atoms with Gasteiger partial charge in [-0.25, -0.2) is 0 Å². The van der Waals surface area contributed by atoms with Crippen LogP contribution in [0.1, 0.15) is 38.5 Å². The summed E-state index contributed by atoms with van der Waals surface area (Å²) in [6.07, 6.45) is 4.97. The molecule has 1 heterocycles. The smallest absolute Gasteiger partial charge is 0.249 e. The Labute approximate surface area is 90.0 Å². The average Bonchev–Trinajstić information content (AvgIpc) is 2.74. The van der Waals surface area contributed by atoms with Crippen molar-refractivity contribution < 1.29 is 14.6 Å². The van der Waals surface area contributed by atoms with E-state index in [0.717, 1.165) is 38.5 Å². The Kier molecular flexibility index (Phi) is 3.59. The van der Waals surface area contributed by atoms with Crippen LogP contribution in [-0.2, 0) is 9.53 Å².